The monoisotopic (exact) mass is 168 g/mol. The van der Waals surface area contributed by atoms with Crippen molar-refractivity contribution in [1.82, 2.24) is 0 Å². The molecule has 0 aliphatic heterocycles. The first-order valence-electron chi connectivity index (χ1n) is 3.70. The summed E-state index contributed by atoms with van der Waals surface area (Å²) in [6, 6.07) is 5.55. The van der Waals surface area contributed by atoms with E-state index in [1.165, 1.54) is 0 Å². The molecule has 0 saturated carbocycles. The van der Waals surface area contributed by atoms with Gasteiger partial charge in [-0.2, -0.15) is 12.6 Å². The molecule has 11 heavy (non-hydrogen) atoms. The molecule has 1 N–H and O–H groups in total. The molecule has 0 spiro atoms. The summed E-state index contributed by atoms with van der Waals surface area (Å²) in [5, 5.41) is 9.39. The lowest BCUT2D eigenvalue weighted by atomic mass is 10.1. The highest BCUT2D eigenvalue weighted by molar-refractivity contribution is 7.79. The van der Waals surface area contributed by atoms with Gasteiger partial charge in [-0.1, -0.05) is 19.1 Å². The Morgan fingerprint density at radius 3 is 2.64 bits per heavy atom. The number of hydrogen-bond donors (Lipinski definition) is 2. The van der Waals surface area contributed by atoms with E-state index in [4.69, 9.17) is 0 Å². The molecule has 1 rings (SSSR count). The lowest BCUT2D eigenvalue weighted by Gasteiger charge is -2.05. The molecular formula is C9H12OS. The van der Waals surface area contributed by atoms with Crippen LogP contribution in [0.1, 0.15) is 18.1 Å². The van der Waals surface area contributed by atoms with Crippen molar-refractivity contribution in [2.45, 2.75) is 19.1 Å². The third kappa shape index (κ3) is 1.69. The van der Waals surface area contributed by atoms with Gasteiger partial charge in [0.25, 0.3) is 0 Å². The molecule has 0 aliphatic rings. The fraction of sp³-hybridized carbons (Fsp3) is 0.333. The normalized spacial score (nSPS) is 10.0. The highest BCUT2D eigenvalue weighted by atomic mass is 32.1. The zero-order valence-electron chi connectivity index (χ0n) is 6.54. The van der Waals surface area contributed by atoms with Crippen LogP contribution >= 0.6 is 12.6 Å². The molecule has 0 atom stereocenters. The Bertz CT molecular complexity index is 245. The minimum Gasteiger partial charge on any atom is -0.508 e. The molecule has 1 nitrogen and oxygen atoms in total. The molecule has 1 aromatic carbocycles. The fourth-order valence-electron chi connectivity index (χ4n) is 1.18. The van der Waals surface area contributed by atoms with Crippen LogP contribution in [-0.4, -0.2) is 5.11 Å². The van der Waals surface area contributed by atoms with E-state index in [1.807, 2.05) is 19.1 Å². The number of thiol groups is 1. The zero-order valence-corrected chi connectivity index (χ0v) is 7.44. The number of phenols is 1. The third-order valence-electron chi connectivity index (χ3n) is 1.77. The zero-order chi connectivity index (χ0) is 8.27. The molecule has 0 aliphatic carbocycles. The largest absolute Gasteiger partial charge is 0.508 e. The second kappa shape index (κ2) is 3.67. The van der Waals surface area contributed by atoms with Gasteiger partial charge in [-0.15, -0.1) is 0 Å². The molecular weight excluding hydrogens is 156 g/mol. The van der Waals surface area contributed by atoms with Gasteiger partial charge >= 0.3 is 0 Å². The first-order valence-corrected chi connectivity index (χ1v) is 4.33. The number of aromatic hydroxyl groups is 1. The van der Waals surface area contributed by atoms with Crippen LogP contribution < -0.4 is 0 Å². The molecule has 0 heterocycles. The van der Waals surface area contributed by atoms with E-state index in [0.717, 1.165) is 17.5 Å². The molecule has 0 aromatic heterocycles. The smallest absolute Gasteiger partial charge is 0.119 e. The fourth-order valence-corrected chi connectivity index (χ4v) is 1.47. The van der Waals surface area contributed by atoms with Crippen LogP contribution in [0.3, 0.4) is 0 Å². The molecule has 0 amide bonds. The van der Waals surface area contributed by atoms with Crippen molar-refractivity contribution in [1.29, 1.82) is 0 Å². The number of phenolic OH excluding ortho intramolecular Hbond substituents is 1. The van der Waals surface area contributed by atoms with Crippen LogP contribution in [-0.2, 0) is 12.2 Å². The summed E-state index contributed by atoms with van der Waals surface area (Å²) in [6.07, 6.45) is 0.864. The highest BCUT2D eigenvalue weighted by Crippen LogP contribution is 2.22. The van der Waals surface area contributed by atoms with E-state index >= 15 is 0 Å². The second-order valence-corrected chi connectivity index (χ2v) is 2.74. The summed E-state index contributed by atoms with van der Waals surface area (Å²) in [4.78, 5) is 0. The molecule has 0 saturated heterocycles. The lowest BCUT2D eigenvalue weighted by molar-refractivity contribution is 0.468. The first-order chi connectivity index (χ1) is 5.29. The van der Waals surface area contributed by atoms with E-state index in [-0.39, 0.29) is 0 Å². The minimum atomic E-state index is 0.388. The highest BCUT2D eigenvalue weighted by Gasteiger charge is 2.02. The predicted molar refractivity (Wildman–Crippen MR) is 50.2 cm³/mol. The quantitative estimate of drug-likeness (QED) is 0.650. The predicted octanol–water partition coefficient (Wildman–Crippen LogP) is 2.38. The molecule has 0 bridgehead atoms. The van der Waals surface area contributed by atoms with Crippen molar-refractivity contribution in [3.05, 3.63) is 29.3 Å². The summed E-state index contributed by atoms with van der Waals surface area (Å²) in [5.41, 5.74) is 2.14. The van der Waals surface area contributed by atoms with Crippen LogP contribution in [0.25, 0.3) is 0 Å². The molecule has 2 heteroatoms. The number of hydrogen-bond acceptors (Lipinski definition) is 2. The average molecular weight is 168 g/mol. The van der Waals surface area contributed by atoms with Gasteiger partial charge in [0.05, 0.1) is 0 Å². The lowest BCUT2D eigenvalue weighted by Crippen LogP contribution is -1.89. The van der Waals surface area contributed by atoms with Crippen LogP contribution in [0.15, 0.2) is 18.2 Å². The van der Waals surface area contributed by atoms with Crippen LogP contribution in [0.5, 0.6) is 5.75 Å². The average Bonchev–Trinajstić information content (AvgIpc) is 2.04. The summed E-state index contributed by atoms with van der Waals surface area (Å²) in [5.74, 6) is 1.08. The van der Waals surface area contributed by atoms with Gasteiger partial charge in [-0.3, -0.25) is 0 Å². The molecule has 0 fully saturated rings. The van der Waals surface area contributed by atoms with Gasteiger partial charge in [-0.05, 0) is 23.6 Å². The van der Waals surface area contributed by atoms with Crippen LogP contribution in [0.2, 0.25) is 0 Å². The summed E-state index contributed by atoms with van der Waals surface area (Å²) >= 11 is 4.17. The summed E-state index contributed by atoms with van der Waals surface area (Å²) < 4.78 is 0. The molecule has 0 radical (unpaired) electrons. The third-order valence-corrected chi connectivity index (χ3v) is 2.11. The SMILES string of the molecule is CCc1c(O)cccc1CS. The molecule has 0 unspecified atom stereocenters. The maximum atomic E-state index is 9.39. The minimum absolute atomic E-state index is 0.388. The van der Waals surface area contributed by atoms with Crippen molar-refractivity contribution in [3.63, 3.8) is 0 Å². The Morgan fingerprint density at radius 2 is 2.18 bits per heavy atom. The Balaban J connectivity index is 3.13. The number of benzene rings is 1. The van der Waals surface area contributed by atoms with Crippen molar-refractivity contribution < 1.29 is 5.11 Å². The Labute approximate surface area is 72.5 Å². The van der Waals surface area contributed by atoms with Crippen LogP contribution in [0, 0.1) is 0 Å². The van der Waals surface area contributed by atoms with Gasteiger partial charge in [0.15, 0.2) is 0 Å². The number of rotatable bonds is 2. The van der Waals surface area contributed by atoms with E-state index in [0.29, 0.717) is 11.5 Å². The second-order valence-electron chi connectivity index (χ2n) is 2.43. The van der Waals surface area contributed by atoms with Crippen LogP contribution in [0.4, 0.5) is 0 Å². The standard InChI is InChI=1S/C9H12OS/c1-2-8-7(6-11)4-3-5-9(8)10/h3-5,10-11H,2,6H2,1H3. The summed E-state index contributed by atoms with van der Waals surface area (Å²) in [6.45, 7) is 2.03. The van der Waals surface area contributed by atoms with Crippen molar-refractivity contribution in [2.24, 2.45) is 0 Å². The van der Waals surface area contributed by atoms with Crippen molar-refractivity contribution in [3.8, 4) is 5.75 Å². The van der Waals surface area contributed by atoms with E-state index in [2.05, 4.69) is 12.6 Å². The van der Waals surface area contributed by atoms with E-state index in [9.17, 15) is 5.11 Å². The maximum Gasteiger partial charge on any atom is 0.119 e. The van der Waals surface area contributed by atoms with E-state index in [1.54, 1.807) is 6.07 Å². The van der Waals surface area contributed by atoms with Gasteiger partial charge in [0.1, 0.15) is 5.75 Å². The Hall–Kier alpha value is -0.630. The van der Waals surface area contributed by atoms with Gasteiger partial charge in [0.2, 0.25) is 0 Å². The Morgan fingerprint density at radius 1 is 1.45 bits per heavy atom. The maximum absolute atomic E-state index is 9.39. The summed E-state index contributed by atoms with van der Waals surface area (Å²) in [7, 11) is 0. The molecule has 1 aromatic rings. The van der Waals surface area contributed by atoms with Gasteiger partial charge in [0, 0.05) is 5.75 Å². The first kappa shape index (κ1) is 8.47. The van der Waals surface area contributed by atoms with Crippen molar-refractivity contribution in [2.75, 3.05) is 0 Å². The topological polar surface area (TPSA) is 20.2 Å². The van der Waals surface area contributed by atoms with Gasteiger partial charge < -0.3 is 5.11 Å². The van der Waals surface area contributed by atoms with E-state index < -0.39 is 0 Å². The Kier molecular flexibility index (Phi) is 2.83. The van der Waals surface area contributed by atoms with Crippen molar-refractivity contribution >= 4 is 12.6 Å². The molecule has 60 valence electrons. The van der Waals surface area contributed by atoms with Gasteiger partial charge in [-0.25, -0.2) is 0 Å².